The number of carbonyl (C=O) groups excluding carboxylic acids is 1. The number of anilines is 1. The van der Waals surface area contributed by atoms with Crippen molar-refractivity contribution in [2.45, 2.75) is 25.0 Å². The first-order chi connectivity index (χ1) is 17.7. The van der Waals surface area contributed by atoms with Gasteiger partial charge in [-0.1, -0.05) is 30.3 Å². The Morgan fingerprint density at radius 1 is 1.05 bits per heavy atom. The number of fused-ring (bicyclic) bond motifs is 1. The van der Waals surface area contributed by atoms with Gasteiger partial charge in [-0.05, 0) is 47.5 Å². The zero-order valence-electron chi connectivity index (χ0n) is 18.8. The number of benzene rings is 3. The summed E-state index contributed by atoms with van der Waals surface area (Å²) in [6, 6.07) is 18.1. The van der Waals surface area contributed by atoms with Crippen LogP contribution in [0.4, 0.5) is 32.4 Å². The average Bonchev–Trinajstić information content (AvgIpc) is 3.31. The molecule has 2 aliphatic heterocycles. The van der Waals surface area contributed by atoms with Crippen molar-refractivity contribution in [1.29, 1.82) is 0 Å². The Labute approximate surface area is 207 Å². The van der Waals surface area contributed by atoms with Crippen LogP contribution in [0.2, 0.25) is 0 Å². The minimum atomic E-state index is -4.13. The van der Waals surface area contributed by atoms with Crippen LogP contribution in [0.25, 0.3) is 0 Å². The standard InChI is InChI=1S/C25H18F5N3O4/c26-22-25(29,30)37-19-11-8-16(12-20(19)36-22)31-24(34)33-13-18(14-4-2-1-3-5-14)21(32-33)15-6-9-17(10-7-15)35-23(27)28/h1-12,18,22-23H,13H2,(H,31,34). The highest BCUT2D eigenvalue weighted by atomic mass is 19.3. The molecule has 1 N–H and O–H groups in total. The number of hydrazone groups is 1. The number of rotatable bonds is 5. The van der Waals surface area contributed by atoms with Crippen molar-refractivity contribution in [3.63, 3.8) is 0 Å². The number of urea groups is 1. The highest BCUT2D eigenvalue weighted by molar-refractivity contribution is 6.08. The summed E-state index contributed by atoms with van der Waals surface area (Å²) in [4.78, 5) is 13.0. The van der Waals surface area contributed by atoms with Gasteiger partial charge in [0.1, 0.15) is 5.75 Å². The summed E-state index contributed by atoms with van der Waals surface area (Å²) in [5.74, 6) is -1.02. The monoisotopic (exact) mass is 519 g/mol. The second-order valence-corrected chi connectivity index (χ2v) is 8.12. The maximum Gasteiger partial charge on any atom is 0.468 e. The fraction of sp³-hybridized carbons (Fsp3) is 0.200. The Bertz CT molecular complexity index is 1320. The summed E-state index contributed by atoms with van der Waals surface area (Å²) >= 11 is 0. The van der Waals surface area contributed by atoms with Crippen molar-refractivity contribution in [1.82, 2.24) is 5.01 Å². The summed E-state index contributed by atoms with van der Waals surface area (Å²) in [7, 11) is 0. The number of nitrogens with one attached hydrogen (secondary N) is 1. The number of halogens is 5. The van der Waals surface area contributed by atoms with E-state index in [0.29, 0.717) is 11.3 Å². The van der Waals surface area contributed by atoms with E-state index in [9.17, 15) is 26.7 Å². The van der Waals surface area contributed by atoms with E-state index in [0.717, 1.165) is 17.7 Å². The first-order valence-corrected chi connectivity index (χ1v) is 11.0. The van der Waals surface area contributed by atoms with Crippen LogP contribution < -0.4 is 19.5 Å². The van der Waals surface area contributed by atoms with E-state index in [1.54, 1.807) is 12.1 Å². The fourth-order valence-electron chi connectivity index (χ4n) is 3.97. The molecule has 2 heterocycles. The molecule has 2 aliphatic rings. The highest BCUT2D eigenvalue weighted by Gasteiger charge is 2.49. The van der Waals surface area contributed by atoms with Gasteiger partial charge in [-0.3, -0.25) is 0 Å². The van der Waals surface area contributed by atoms with Crippen LogP contribution in [0.5, 0.6) is 17.2 Å². The fourth-order valence-corrected chi connectivity index (χ4v) is 3.97. The molecule has 37 heavy (non-hydrogen) atoms. The highest BCUT2D eigenvalue weighted by Crippen LogP contribution is 2.42. The summed E-state index contributed by atoms with van der Waals surface area (Å²) in [6.45, 7) is -2.80. The van der Waals surface area contributed by atoms with E-state index in [-0.39, 0.29) is 35.4 Å². The summed E-state index contributed by atoms with van der Waals surface area (Å²) in [6.07, 6.45) is -7.13. The van der Waals surface area contributed by atoms with Crippen molar-refractivity contribution >= 4 is 17.4 Å². The molecular weight excluding hydrogens is 501 g/mol. The largest absolute Gasteiger partial charge is 0.468 e. The number of nitrogens with zero attached hydrogens (tertiary/aromatic N) is 2. The Hall–Kier alpha value is -4.35. The maximum absolute atomic E-state index is 13.5. The lowest BCUT2D eigenvalue weighted by atomic mass is 9.90. The van der Waals surface area contributed by atoms with Crippen LogP contribution in [-0.4, -0.2) is 42.4 Å². The lowest BCUT2D eigenvalue weighted by molar-refractivity contribution is -0.281. The van der Waals surface area contributed by atoms with E-state index < -0.39 is 25.1 Å². The number of hydrogen-bond acceptors (Lipinski definition) is 5. The third-order valence-corrected chi connectivity index (χ3v) is 5.66. The average molecular weight is 519 g/mol. The molecule has 2 atom stereocenters. The van der Waals surface area contributed by atoms with Crippen LogP contribution in [0, 0.1) is 0 Å². The molecule has 2 unspecified atom stereocenters. The van der Waals surface area contributed by atoms with Crippen molar-refractivity contribution < 1.29 is 41.0 Å². The molecule has 12 heteroatoms. The van der Waals surface area contributed by atoms with Gasteiger partial charge in [0, 0.05) is 17.7 Å². The molecule has 3 aromatic carbocycles. The van der Waals surface area contributed by atoms with Crippen LogP contribution in [0.3, 0.4) is 0 Å². The van der Waals surface area contributed by atoms with E-state index in [1.807, 2.05) is 30.3 Å². The Morgan fingerprint density at radius 2 is 1.78 bits per heavy atom. The van der Waals surface area contributed by atoms with Crippen molar-refractivity contribution in [3.8, 4) is 17.2 Å². The summed E-state index contributed by atoms with van der Waals surface area (Å²) < 4.78 is 78.6. The molecule has 0 fully saturated rings. The van der Waals surface area contributed by atoms with Crippen molar-refractivity contribution in [2.24, 2.45) is 5.10 Å². The SMILES string of the molecule is O=C(Nc1ccc2c(c1)OC(F)C(F)(F)O2)N1CC(c2ccccc2)C(c2ccc(OC(F)F)cc2)=N1. The number of hydrogen-bond donors (Lipinski definition) is 1. The Morgan fingerprint density at radius 3 is 2.49 bits per heavy atom. The first-order valence-electron chi connectivity index (χ1n) is 11.0. The first kappa shape index (κ1) is 24.3. The van der Waals surface area contributed by atoms with Gasteiger partial charge in [0.25, 0.3) is 0 Å². The number of alkyl halides is 5. The molecule has 0 aromatic heterocycles. The molecule has 5 rings (SSSR count). The number of ether oxygens (including phenoxy) is 3. The van der Waals surface area contributed by atoms with Gasteiger partial charge < -0.3 is 19.5 Å². The molecular formula is C25H18F5N3O4. The smallest absolute Gasteiger partial charge is 0.447 e. The van der Waals surface area contributed by atoms with Gasteiger partial charge in [0.2, 0.25) is 0 Å². The van der Waals surface area contributed by atoms with E-state index in [4.69, 9.17) is 0 Å². The van der Waals surface area contributed by atoms with Crippen molar-refractivity contribution in [3.05, 3.63) is 83.9 Å². The van der Waals surface area contributed by atoms with Crippen LogP contribution >= 0.6 is 0 Å². The molecule has 192 valence electrons. The quantitative estimate of drug-likeness (QED) is 0.421. The maximum atomic E-state index is 13.5. The van der Waals surface area contributed by atoms with Gasteiger partial charge >= 0.3 is 25.1 Å². The molecule has 0 bridgehead atoms. The second-order valence-electron chi connectivity index (χ2n) is 8.12. The van der Waals surface area contributed by atoms with E-state index in [1.165, 1.54) is 23.2 Å². The molecule has 3 aromatic rings. The zero-order chi connectivity index (χ0) is 26.2. The van der Waals surface area contributed by atoms with Gasteiger partial charge in [-0.2, -0.15) is 27.1 Å². The lowest BCUT2D eigenvalue weighted by Crippen LogP contribution is -2.43. The molecule has 0 saturated heterocycles. The molecule has 0 radical (unpaired) electrons. The van der Waals surface area contributed by atoms with E-state index >= 15 is 0 Å². The number of carbonyl (C=O) groups is 1. The van der Waals surface area contributed by atoms with Gasteiger partial charge in [-0.25, -0.2) is 9.80 Å². The van der Waals surface area contributed by atoms with Crippen LogP contribution in [0.1, 0.15) is 17.0 Å². The predicted molar refractivity (Wildman–Crippen MR) is 122 cm³/mol. The van der Waals surface area contributed by atoms with E-state index in [2.05, 4.69) is 24.6 Å². The predicted octanol–water partition coefficient (Wildman–Crippen LogP) is 5.98. The molecule has 0 saturated carbocycles. The third kappa shape index (κ3) is 5.13. The molecule has 7 nitrogen and oxygen atoms in total. The minimum Gasteiger partial charge on any atom is -0.447 e. The summed E-state index contributed by atoms with van der Waals surface area (Å²) in [5, 5.41) is 8.21. The normalized spacial score (nSPS) is 19.9. The van der Waals surface area contributed by atoms with Gasteiger partial charge in [0.15, 0.2) is 11.5 Å². The number of amides is 2. The minimum absolute atomic E-state index is 0.0184. The third-order valence-electron chi connectivity index (χ3n) is 5.66. The lowest BCUT2D eigenvalue weighted by Gasteiger charge is -2.28. The second kappa shape index (κ2) is 9.60. The molecule has 2 amide bonds. The van der Waals surface area contributed by atoms with Gasteiger partial charge in [0.05, 0.1) is 12.3 Å². The zero-order valence-corrected chi connectivity index (χ0v) is 18.8. The molecule has 0 aliphatic carbocycles. The Kier molecular flexibility index (Phi) is 6.32. The topological polar surface area (TPSA) is 72.4 Å². The molecule has 0 spiro atoms. The van der Waals surface area contributed by atoms with Crippen molar-refractivity contribution in [2.75, 3.05) is 11.9 Å². The van der Waals surface area contributed by atoms with Crippen LogP contribution in [0.15, 0.2) is 77.9 Å². The Balaban J connectivity index is 1.38. The van der Waals surface area contributed by atoms with Gasteiger partial charge in [-0.15, -0.1) is 0 Å². The van der Waals surface area contributed by atoms with Crippen LogP contribution in [-0.2, 0) is 0 Å². The summed E-state index contributed by atoms with van der Waals surface area (Å²) in [5.41, 5.74) is 2.13.